The second-order valence-corrected chi connectivity index (χ2v) is 8.42. The number of hydrogen-bond donors (Lipinski definition) is 1. The Balaban J connectivity index is 1.76. The lowest BCUT2D eigenvalue weighted by atomic mass is 9.89. The molecule has 2 heterocycles. The number of aryl methyl sites for hydroxylation is 2. The lowest BCUT2D eigenvalue weighted by molar-refractivity contribution is 0.0259. The second kappa shape index (κ2) is 5.98. The fourth-order valence-electron chi connectivity index (χ4n) is 3.67. The highest BCUT2D eigenvalue weighted by Crippen LogP contribution is 2.44. The first kappa shape index (κ1) is 15.4. The molecule has 1 saturated heterocycles. The minimum Gasteiger partial charge on any atom is -0.311 e. The molecule has 2 unspecified atom stereocenters. The van der Waals surface area contributed by atoms with Crippen molar-refractivity contribution in [1.29, 1.82) is 0 Å². The molecular formula is C17H29N3S. The van der Waals surface area contributed by atoms with E-state index < -0.39 is 0 Å². The summed E-state index contributed by atoms with van der Waals surface area (Å²) in [5.41, 5.74) is 1.54. The van der Waals surface area contributed by atoms with E-state index in [-0.39, 0.29) is 0 Å². The van der Waals surface area contributed by atoms with E-state index in [1.54, 1.807) is 0 Å². The molecule has 1 aromatic heterocycles. The fraction of sp³-hybridized carbons (Fsp3) is 0.824. The number of thiazole rings is 1. The third-order valence-corrected chi connectivity index (χ3v) is 6.46. The summed E-state index contributed by atoms with van der Waals surface area (Å²) in [7, 11) is 0. The molecule has 3 rings (SSSR count). The Labute approximate surface area is 133 Å². The molecule has 118 valence electrons. The van der Waals surface area contributed by atoms with E-state index in [9.17, 15) is 0 Å². The van der Waals surface area contributed by atoms with E-state index in [1.165, 1.54) is 47.8 Å². The van der Waals surface area contributed by atoms with Crippen LogP contribution in [0.4, 0.5) is 0 Å². The third-order valence-electron chi connectivity index (χ3n) is 5.40. The summed E-state index contributed by atoms with van der Waals surface area (Å²) in [5, 5.41) is 5.11. The van der Waals surface area contributed by atoms with Gasteiger partial charge in [-0.1, -0.05) is 13.3 Å². The number of rotatable bonds is 5. The van der Waals surface area contributed by atoms with E-state index in [0.717, 1.165) is 19.0 Å². The molecule has 0 bridgehead atoms. The molecule has 1 N–H and O–H groups in total. The number of aromatic nitrogens is 1. The Kier molecular flexibility index (Phi) is 4.40. The van der Waals surface area contributed by atoms with Gasteiger partial charge in [0.1, 0.15) is 5.01 Å². The standard InChI is InChI=1S/C17H29N3S/c1-5-6-15-9-20(10-16-19-12(2)13(3)21-16)17(4,11-18-15)14-7-8-14/h14-15,18H,5-11H2,1-4H3. The van der Waals surface area contributed by atoms with Gasteiger partial charge in [-0.2, -0.15) is 0 Å². The van der Waals surface area contributed by atoms with Crippen LogP contribution in [0, 0.1) is 19.8 Å². The quantitative estimate of drug-likeness (QED) is 0.902. The van der Waals surface area contributed by atoms with Gasteiger partial charge in [-0.3, -0.25) is 4.90 Å². The molecule has 0 radical (unpaired) electrons. The van der Waals surface area contributed by atoms with E-state index in [2.05, 4.69) is 37.9 Å². The number of piperazine rings is 1. The van der Waals surface area contributed by atoms with Crippen molar-refractivity contribution in [3.05, 3.63) is 15.6 Å². The lowest BCUT2D eigenvalue weighted by Crippen LogP contribution is -2.63. The van der Waals surface area contributed by atoms with Crippen LogP contribution in [0.1, 0.15) is 55.1 Å². The van der Waals surface area contributed by atoms with Gasteiger partial charge in [-0.25, -0.2) is 4.98 Å². The number of hydrogen-bond acceptors (Lipinski definition) is 4. The summed E-state index contributed by atoms with van der Waals surface area (Å²) in [6, 6.07) is 0.656. The molecule has 21 heavy (non-hydrogen) atoms. The van der Waals surface area contributed by atoms with Crippen molar-refractivity contribution >= 4 is 11.3 Å². The summed E-state index contributed by atoms with van der Waals surface area (Å²) < 4.78 is 0. The zero-order valence-corrected chi connectivity index (χ0v) is 14.7. The van der Waals surface area contributed by atoms with E-state index in [0.29, 0.717) is 11.6 Å². The van der Waals surface area contributed by atoms with Gasteiger partial charge in [0.2, 0.25) is 0 Å². The number of nitrogens with one attached hydrogen (secondary N) is 1. The Morgan fingerprint density at radius 3 is 2.71 bits per heavy atom. The van der Waals surface area contributed by atoms with Crippen molar-refractivity contribution < 1.29 is 0 Å². The zero-order valence-electron chi connectivity index (χ0n) is 13.9. The van der Waals surface area contributed by atoms with Crippen LogP contribution in [-0.2, 0) is 6.54 Å². The fourth-order valence-corrected chi connectivity index (χ4v) is 4.62. The molecule has 3 nitrogen and oxygen atoms in total. The van der Waals surface area contributed by atoms with Crippen LogP contribution in [0.5, 0.6) is 0 Å². The first-order chi connectivity index (χ1) is 10.0. The number of nitrogens with zero attached hydrogens (tertiary/aromatic N) is 2. The summed E-state index contributed by atoms with van der Waals surface area (Å²) >= 11 is 1.88. The van der Waals surface area contributed by atoms with Gasteiger partial charge in [0.25, 0.3) is 0 Å². The summed E-state index contributed by atoms with van der Waals surface area (Å²) in [5.74, 6) is 0.884. The monoisotopic (exact) mass is 307 g/mol. The van der Waals surface area contributed by atoms with Crippen LogP contribution in [-0.4, -0.2) is 34.6 Å². The minimum absolute atomic E-state index is 0.331. The highest BCUT2D eigenvalue weighted by atomic mass is 32.1. The van der Waals surface area contributed by atoms with Crippen molar-refractivity contribution in [2.75, 3.05) is 13.1 Å². The van der Waals surface area contributed by atoms with Crippen LogP contribution in [0.15, 0.2) is 0 Å². The van der Waals surface area contributed by atoms with Crippen LogP contribution in [0.2, 0.25) is 0 Å². The first-order valence-corrected chi connectivity index (χ1v) is 9.26. The minimum atomic E-state index is 0.331. The Bertz CT molecular complexity index is 475. The smallest absolute Gasteiger partial charge is 0.107 e. The van der Waals surface area contributed by atoms with Gasteiger partial charge >= 0.3 is 0 Å². The Hall–Kier alpha value is -0.450. The van der Waals surface area contributed by atoms with Crippen molar-refractivity contribution in [3.63, 3.8) is 0 Å². The van der Waals surface area contributed by atoms with Crippen LogP contribution >= 0.6 is 11.3 Å². The maximum Gasteiger partial charge on any atom is 0.107 e. The van der Waals surface area contributed by atoms with Crippen molar-refractivity contribution in [2.24, 2.45) is 5.92 Å². The van der Waals surface area contributed by atoms with Gasteiger partial charge < -0.3 is 5.32 Å². The van der Waals surface area contributed by atoms with Gasteiger partial charge in [0, 0.05) is 29.5 Å². The summed E-state index contributed by atoms with van der Waals surface area (Å²) in [6.07, 6.45) is 5.36. The van der Waals surface area contributed by atoms with Gasteiger partial charge in [-0.05, 0) is 46.0 Å². The van der Waals surface area contributed by atoms with E-state index in [1.807, 2.05) is 11.3 Å². The van der Waals surface area contributed by atoms with Gasteiger partial charge in [-0.15, -0.1) is 11.3 Å². The van der Waals surface area contributed by atoms with Crippen LogP contribution in [0.3, 0.4) is 0 Å². The molecule has 0 spiro atoms. The molecule has 1 aliphatic heterocycles. The summed E-state index contributed by atoms with van der Waals surface area (Å²) in [6.45, 7) is 12.4. The largest absolute Gasteiger partial charge is 0.311 e. The maximum atomic E-state index is 4.78. The molecule has 1 saturated carbocycles. The molecule has 1 aliphatic carbocycles. The van der Waals surface area contributed by atoms with Gasteiger partial charge in [0.05, 0.1) is 12.2 Å². The zero-order chi connectivity index (χ0) is 15.0. The normalized spacial score (nSPS) is 30.8. The maximum absolute atomic E-state index is 4.78. The highest BCUT2D eigenvalue weighted by molar-refractivity contribution is 7.11. The Morgan fingerprint density at radius 2 is 2.14 bits per heavy atom. The second-order valence-electron chi connectivity index (χ2n) is 7.13. The molecule has 2 atom stereocenters. The molecule has 2 aliphatic rings. The SMILES string of the molecule is CCCC1CN(Cc2nc(C)c(C)s2)C(C)(C2CC2)CN1. The molecule has 4 heteroatoms. The van der Waals surface area contributed by atoms with Crippen molar-refractivity contribution in [1.82, 2.24) is 15.2 Å². The van der Waals surface area contributed by atoms with Crippen molar-refractivity contribution in [2.45, 2.75) is 71.5 Å². The average molecular weight is 308 g/mol. The predicted octanol–water partition coefficient (Wildman–Crippen LogP) is 3.50. The van der Waals surface area contributed by atoms with Crippen LogP contribution in [0.25, 0.3) is 0 Å². The van der Waals surface area contributed by atoms with E-state index >= 15 is 0 Å². The van der Waals surface area contributed by atoms with Crippen molar-refractivity contribution in [3.8, 4) is 0 Å². The predicted molar refractivity (Wildman–Crippen MR) is 89.8 cm³/mol. The highest BCUT2D eigenvalue weighted by Gasteiger charge is 2.48. The third kappa shape index (κ3) is 3.17. The van der Waals surface area contributed by atoms with E-state index in [4.69, 9.17) is 4.98 Å². The van der Waals surface area contributed by atoms with Gasteiger partial charge in [0.15, 0.2) is 0 Å². The molecule has 1 aromatic rings. The topological polar surface area (TPSA) is 28.2 Å². The summed E-state index contributed by atoms with van der Waals surface area (Å²) in [4.78, 5) is 8.89. The molecule has 2 fully saturated rings. The average Bonchev–Trinajstić information content (AvgIpc) is 3.23. The molecule has 0 amide bonds. The first-order valence-electron chi connectivity index (χ1n) is 8.44. The lowest BCUT2D eigenvalue weighted by Gasteiger charge is -2.48. The molecule has 0 aromatic carbocycles. The molecular weight excluding hydrogens is 278 g/mol. The Morgan fingerprint density at radius 1 is 1.38 bits per heavy atom. The van der Waals surface area contributed by atoms with Crippen LogP contribution < -0.4 is 5.32 Å².